The Bertz CT molecular complexity index is 1940. The Morgan fingerprint density at radius 2 is 1.49 bits per heavy atom. The van der Waals surface area contributed by atoms with Gasteiger partial charge >= 0.3 is 0 Å². The summed E-state index contributed by atoms with van der Waals surface area (Å²) in [6, 6.07) is 3.37. The van der Waals surface area contributed by atoms with Crippen molar-refractivity contribution in [2.75, 3.05) is 28.4 Å². The third kappa shape index (κ3) is 3.33. The van der Waals surface area contributed by atoms with Gasteiger partial charge in [0.2, 0.25) is 0 Å². The summed E-state index contributed by atoms with van der Waals surface area (Å²) in [5.41, 5.74) is 2.90. The number of nitrogens with zero attached hydrogens (tertiary/aromatic N) is 2. The van der Waals surface area contributed by atoms with E-state index in [-0.39, 0.29) is 44.9 Å². The molecular weight excluding hydrogens is 528 g/mol. The summed E-state index contributed by atoms with van der Waals surface area (Å²) in [5, 5.41) is 5.11. The fraction of sp³-hybridized carbons (Fsp3) is 0.258. The number of rotatable bonds is 5. The van der Waals surface area contributed by atoms with E-state index >= 15 is 0 Å². The number of hydrogen-bond donors (Lipinski definition) is 0. The van der Waals surface area contributed by atoms with E-state index in [1.165, 1.54) is 39.2 Å². The second-order valence-electron chi connectivity index (χ2n) is 9.97. The second kappa shape index (κ2) is 9.29. The first-order valence-electron chi connectivity index (χ1n) is 12.9. The lowest BCUT2D eigenvalue weighted by molar-refractivity contribution is 0.0970. The smallest absolute Gasteiger partial charge is 0.278 e. The zero-order valence-corrected chi connectivity index (χ0v) is 23.4. The predicted molar refractivity (Wildman–Crippen MR) is 149 cm³/mol. The third-order valence-corrected chi connectivity index (χ3v) is 8.14. The molecule has 0 N–H and O–H groups in total. The Balaban J connectivity index is 1.78. The molecule has 0 saturated carbocycles. The van der Waals surface area contributed by atoms with Gasteiger partial charge in [0, 0.05) is 51.4 Å². The van der Waals surface area contributed by atoms with E-state index in [1.54, 1.807) is 20.2 Å². The van der Waals surface area contributed by atoms with Crippen LogP contribution < -0.4 is 24.5 Å². The molecule has 1 heterocycles. The van der Waals surface area contributed by atoms with Gasteiger partial charge in [-0.25, -0.2) is 4.68 Å². The lowest BCUT2D eigenvalue weighted by atomic mass is 9.74. The lowest BCUT2D eigenvalue weighted by Gasteiger charge is -2.31. The number of benzene rings is 3. The molecule has 2 aliphatic carbocycles. The molecule has 0 aliphatic heterocycles. The van der Waals surface area contributed by atoms with E-state index in [0.717, 1.165) is 5.56 Å². The number of aromatic nitrogens is 2. The van der Waals surface area contributed by atoms with Crippen LogP contribution in [-0.2, 0) is 19.9 Å². The van der Waals surface area contributed by atoms with Crippen molar-refractivity contribution < 1.29 is 33.3 Å². The number of ether oxygens (including phenoxy) is 4. The number of aryl methyl sites for hydroxylation is 2. The van der Waals surface area contributed by atoms with Crippen molar-refractivity contribution in [1.82, 2.24) is 9.78 Å². The van der Waals surface area contributed by atoms with Gasteiger partial charge in [-0.2, -0.15) is 5.10 Å². The standard InChI is InChI=1S/C31H26N2O8/c1-13-18(12-34)22-17(10-19(13)38-3)26(35)24-25(27(22)36)28(39-4)16-8-7-14-9-15-11-32-33(2)31(37)21(15)29(40-5)20(14)23(16)30(24)41-6/h9-12H,7-8H2,1-6H3. The number of hydrogen-bond acceptors (Lipinski definition) is 9. The maximum Gasteiger partial charge on any atom is 0.278 e. The van der Waals surface area contributed by atoms with Gasteiger partial charge in [-0.05, 0) is 37.5 Å². The minimum Gasteiger partial charge on any atom is -0.496 e. The Labute approximate surface area is 234 Å². The Morgan fingerprint density at radius 3 is 2.12 bits per heavy atom. The number of carbonyl (C=O) groups excluding carboxylic acids is 3. The fourth-order valence-electron chi connectivity index (χ4n) is 6.29. The highest BCUT2D eigenvalue weighted by Gasteiger charge is 2.42. The number of carbonyl (C=O) groups is 3. The quantitative estimate of drug-likeness (QED) is 0.300. The normalized spacial score (nSPS) is 13.2. The molecule has 0 radical (unpaired) electrons. The predicted octanol–water partition coefficient (Wildman–Crippen LogP) is 3.63. The number of aldehydes is 1. The van der Waals surface area contributed by atoms with Crippen molar-refractivity contribution in [3.63, 3.8) is 0 Å². The molecule has 0 saturated heterocycles. The molecule has 2 aliphatic rings. The zero-order valence-electron chi connectivity index (χ0n) is 23.4. The summed E-state index contributed by atoms with van der Waals surface area (Å²) in [5.74, 6) is -0.0193. The van der Waals surface area contributed by atoms with E-state index in [2.05, 4.69) is 5.10 Å². The molecule has 6 rings (SSSR count). The molecule has 10 nitrogen and oxygen atoms in total. The summed E-state index contributed by atoms with van der Waals surface area (Å²) in [7, 11) is 7.32. The molecule has 1 aromatic heterocycles. The van der Waals surface area contributed by atoms with Crippen LogP contribution in [0, 0.1) is 6.92 Å². The van der Waals surface area contributed by atoms with Gasteiger partial charge in [-0.3, -0.25) is 19.2 Å². The van der Waals surface area contributed by atoms with Crippen LogP contribution in [0.1, 0.15) is 58.9 Å². The lowest BCUT2D eigenvalue weighted by Crippen LogP contribution is -2.27. The van der Waals surface area contributed by atoms with E-state index in [1.807, 2.05) is 6.07 Å². The molecule has 0 bridgehead atoms. The molecule has 208 valence electrons. The average molecular weight is 555 g/mol. The monoisotopic (exact) mass is 554 g/mol. The molecular formula is C31H26N2O8. The Kier molecular flexibility index (Phi) is 5.95. The molecule has 0 unspecified atom stereocenters. The average Bonchev–Trinajstić information content (AvgIpc) is 2.98. The number of methoxy groups -OCH3 is 4. The molecule has 0 amide bonds. The van der Waals surface area contributed by atoms with Crippen LogP contribution in [-0.4, -0.2) is 56.1 Å². The van der Waals surface area contributed by atoms with Crippen LogP contribution in [0.25, 0.3) is 21.9 Å². The minimum atomic E-state index is -0.517. The van der Waals surface area contributed by atoms with Crippen molar-refractivity contribution in [3.8, 4) is 34.1 Å². The Hall–Kier alpha value is -4.99. The van der Waals surface area contributed by atoms with Crippen LogP contribution in [0.2, 0.25) is 0 Å². The van der Waals surface area contributed by atoms with Gasteiger partial charge in [-0.15, -0.1) is 0 Å². The van der Waals surface area contributed by atoms with Crippen molar-refractivity contribution in [1.29, 1.82) is 0 Å². The maximum atomic E-state index is 14.3. The summed E-state index contributed by atoms with van der Waals surface area (Å²) in [6.45, 7) is 1.66. The van der Waals surface area contributed by atoms with Gasteiger partial charge in [0.05, 0.1) is 51.1 Å². The third-order valence-electron chi connectivity index (χ3n) is 8.14. The largest absolute Gasteiger partial charge is 0.496 e. The SMILES string of the molecule is COc1cc2c(c(C=O)c1C)C(=O)c1c(OC)c3c(c(OC)c1C2=O)-c1c(cc2cnn(C)c(=O)c2c1OC)CC3. The number of fused-ring (bicyclic) bond motifs is 6. The summed E-state index contributed by atoms with van der Waals surface area (Å²) >= 11 is 0. The van der Waals surface area contributed by atoms with Gasteiger partial charge in [-0.1, -0.05) is 0 Å². The van der Waals surface area contributed by atoms with Crippen LogP contribution in [0.4, 0.5) is 0 Å². The topological polar surface area (TPSA) is 123 Å². The molecule has 10 heteroatoms. The summed E-state index contributed by atoms with van der Waals surface area (Å²) in [4.78, 5) is 53.9. The van der Waals surface area contributed by atoms with Crippen molar-refractivity contribution >= 4 is 28.6 Å². The molecule has 4 aromatic rings. The second-order valence-corrected chi connectivity index (χ2v) is 9.97. The maximum absolute atomic E-state index is 14.3. The van der Waals surface area contributed by atoms with E-state index in [0.29, 0.717) is 63.7 Å². The molecule has 0 fully saturated rings. The number of ketones is 2. The van der Waals surface area contributed by atoms with Crippen LogP contribution >= 0.6 is 0 Å². The highest BCUT2D eigenvalue weighted by molar-refractivity contribution is 6.33. The van der Waals surface area contributed by atoms with Crippen molar-refractivity contribution in [2.45, 2.75) is 19.8 Å². The zero-order chi connectivity index (χ0) is 29.3. The van der Waals surface area contributed by atoms with E-state index < -0.39 is 11.6 Å². The first-order chi connectivity index (χ1) is 19.7. The molecule has 0 spiro atoms. The van der Waals surface area contributed by atoms with Gasteiger partial charge < -0.3 is 18.9 Å². The highest BCUT2D eigenvalue weighted by atomic mass is 16.5. The first-order valence-corrected chi connectivity index (χ1v) is 12.9. The highest BCUT2D eigenvalue weighted by Crippen LogP contribution is 2.54. The summed E-state index contributed by atoms with van der Waals surface area (Å²) in [6.07, 6.45) is 3.17. The van der Waals surface area contributed by atoms with E-state index in [9.17, 15) is 19.2 Å². The van der Waals surface area contributed by atoms with Crippen molar-refractivity contribution in [2.24, 2.45) is 7.05 Å². The summed E-state index contributed by atoms with van der Waals surface area (Å²) < 4.78 is 24.3. The molecule has 3 aromatic carbocycles. The molecule has 41 heavy (non-hydrogen) atoms. The minimum absolute atomic E-state index is 0.00637. The van der Waals surface area contributed by atoms with Gasteiger partial charge in [0.15, 0.2) is 17.9 Å². The Morgan fingerprint density at radius 1 is 0.805 bits per heavy atom. The van der Waals surface area contributed by atoms with Crippen LogP contribution in [0.5, 0.6) is 23.0 Å². The van der Waals surface area contributed by atoms with Crippen LogP contribution in [0.3, 0.4) is 0 Å². The van der Waals surface area contributed by atoms with E-state index in [4.69, 9.17) is 18.9 Å². The fourth-order valence-corrected chi connectivity index (χ4v) is 6.29. The van der Waals surface area contributed by atoms with Gasteiger partial charge in [0.25, 0.3) is 5.56 Å². The van der Waals surface area contributed by atoms with Crippen LogP contribution in [0.15, 0.2) is 23.1 Å². The molecule has 0 atom stereocenters. The van der Waals surface area contributed by atoms with Gasteiger partial charge in [0.1, 0.15) is 23.0 Å². The first kappa shape index (κ1) is 26.2. The van der Waals surface area contributed by atoms with Crippen molar-refractivity contribution in [3.05, 3.63) is 73.2 Å².